The molecular weight excluding hydrogens is 797 g/mol. The quantitative estimate of drug-likeness (QED) is 0.232. The molecule has 4 rings (SSSR count). The maximum absolute atomic E-state index is 10.7. The minimum atomic E-state index is 0. The van der Waals surface area contributed by atoms with E-state index in [2.05, 4.69) is 153 Å². The number of benzene rings is 3. The van der Waals surface area contributed by atoms with Gasteiger partial charge in [0.1, 0.15) is 0 Å². The van der Waals surface area contributed by atoms with Crippen LogP contribution in [0.3, 0.4) is 0 Å². The minimum absolute atomic E-state index is 0. The summed E-state index contributed by atoms with van der Waals surface area (Å²) in [6, 6.07) is 18.4. The van der Waals surface area contributed by atoms with E-state index in [4.69, 9.17) is 0 Å². The predicted molar refractivity (Wildman–Crippen MR) is 171 cm³/mol. The molecule has 0 bridgehead atoms. The van der Waals surface area contributed by atoms with Crippen LogP contribution < -0.4 is 14.9 Å². The van der Waals surface area contributed by atoms with Crippen LogP contribution in [0.4, 0.5) is 11.4 Å². The van der Waals surface area contributed by atoms with Gasteiger partial charge in [0.05, 0.1) is 0 Å². The Balaban J connectivity index is 0.000000622. The standard InChI is InChI=1S/C27H37N2.C6H4Br2O.Au.H2/c1-18(2)22-11-9-12-23(19(3)4)26(22)28-15-16-29(17-28)27-24(20(5)6)13-10-14-25(27)21(7)8;7-4-1-5(8)3-6(9)2-4;;/h9-21H,1-8H3;1-3,9H;;1H/q;;+1;/p-1. The summed E-state index contributed by atoms with van der Waals surface area (Å²) in [5, 5.41) is 10.7. The Kier molecular flexibility index (Phi) is 12.9. The van der Waals surface area contributed by atoms with Gasteiger partial charge in [-0.15, -0.1) is 5.75 Å². The molecule has 1 aliphatic heterocycles. The molecule has 0 amide bonds. The van der Waals surface area contributed by atoms with Crippen molar-refractivity contribution in [3.63, 3.8) is 0 Å². The second-order valence-electron chi connectivity index (χ2n) is 11.0. The van der Waals surface area contributed by atoms with Crippen molar-refractivity contribution in [2.75, 3.05) is 9.80 Å². The summed E-state index contributed by atoms with van der Waals surface area (Å²) in [6.07, 6.45) is 4.43. The molecule has 3 aromatic carbocycles. The van der Waals surface area contributed by atoms with Gasteiger partial charge in [0, 0.05) is 34.1 Å². The van der Waals surface area contributed by atoms with Gasteiger partial charge in [-0.25, -0.2) is 0 Å². The van der Waals surface area contributed by atoms with E-state index in [0.29, 0.717) is 23.7 Å². The van der Waals surface area contributed by atoms with E-state index in [1.54, 1.807) is 0 Å². The monoisotopic (exact) mass is 837 g/mol. The van der Waals surface area contributed by atoms with Crippen LogP contribution >= 0.6 is 31.9 Å². The fourth-order valence-corrected chi connectivity index (χ4v) is 6.02. The van der Waals surface area contributed by atoms with E-state index >= 15 is 0 Å². The first-order valence-corrected chi connectivity index (χ1v) is 15.0. The molecule has 3 aromatic rings. The number of hydrogen-bond donors (Lipinski definition) is 0. The summed E-state index contributed by atoms with van der Waals surface area (Å²) in [4.78, 5) is 4.65. The third-order valence-corrected chi connectivity index (χ3v) is 7.59. The first-order chi connectivity index (χ1) is 17.9. The number of halogens is 2. The van der Waals surface area contributed by atoms with Crippen LogP contribution in [0.1, 0.15) is 103 Å². The SMILES string of the molecule is CC(C)c1cccc(C(C)C)c1N1[CH]N(c2c(C(C)C)cccc2C(C)C)C=C1.[Au+].[HH].[O-]c1cc(Br)cc(Br)c1. The largest absolute Gasteiger partial charge is 1.00 e. The number of nitrogens with zero attached hydrogens (tertiary/aromatic N) is 2. The number of anilines is 2. The third-order valence-electron chi connectivity index (χ3n) is 6.67. The van der Waals surface area contributed by atoms with E-state index in [0.717, 1.165) is 8.95 Å². The Morgan fingerprint density at radius 3 is 1.15 bits per heavy atom. The number of hydrogen-bond acceptors (Lipinski definition) is 3. The Morgan fingerprint density at radius 1 is 0.590 bits per heavy atom. The van der Waals surface area contributed by atoms with Crippen molar-refractivity contribution in [1.29, 1.82) is 0 Å². The van der Waals surface area contributed by atoms with E-state index in [-0.39, 0.29) is 29.6 Å². The van der Waals surface area contributed by atoms with Crippen molar-refractivity contribution in [1.82, 2.24) is 0 Å². The Labute approximate surface area is 269 Å². The van der Waals surface area contributed by atoms with E-state index < -0.39 is 0 Å². The van der Waals surface area contributed by atoms with Crippen molar-refractivity contribution in [3.8, 4) is 5.75 Å². The van der Waals surface area contributed by atoms with Gasteiger partial charge in [-0.3, -0.25) is 0 Å². The molecular formula is C33H42AuBr2N2O. The molecule has 1 radical (unpaired) electrons. The first kappa shape index (κ1) is 33.7. The van der Waals surface area contributed by atoms with Crippen LogP contribution in [0, 0.1) is 6.67 Å². The topological polar surface area (TPSA) is 29.5 Å². The van der Waals surface area contributed by atoms with Crippen LogP contribution in [-0.2, 0) is 22.4 Å². The van der Waals surface area contributed by atoms with Crippen LogP contribution in [0.5, 0.6) is 5.75 Å². The normalized spacial score (nSPS) is 12.9. The molecule has 0 atom stereocenters. The van der Waals surface area contributed by atoms with Crippen LogP contribution in [-0.4, -0.2) is 0 Å². The molecule has 1 heterocycles. The van der Waals surface area contributed by atoms with Crippen molar-refractivity contribution in [2.24, 2.45) is 0 Å². The summed E-state index contributed by atoms with van der Waals surface area (Å²) in [7, 11) is 0. The van der Waals surface area contributed by atoms with Crippen LogP contribution in [0.25, 0.3) is 0 Å². The third kappa shape index (κ3) is 8.50. The molecule has 0 N–H and O–H groups in total. The molecule has 3 nitrogen and oxygen atoms in total. The maximum atomic E-state index is 10.7. The summed E-state index contributed by atoms with van der Waals surface area (Å²) in [6.45, 7) is 20.5. The molecule has 0 fully saturated rings. The number of rotatable bonds is 6. The van der Waals surface area contributed by atoms with Gasteiger partial charge in [0.25, 0.3) is 0 Å². The van der Waals surface area contributed by atoms with Crippen molar-refractivity contribution < 1.29 is 28.9 Å². The van der Waals surface area contributed by atoms with Gasteiger partial charge in [-0.05, 0) is 52.0 Å². The smallest absolute Gasteiger partial charge is 0.872 e. The molecule has 1 aliphatic rings. The molecule has 39 heavy (non-hydrogen) atoms. The minimum Gasteiger partial charge on any atom is -0.872 e. The molecule has 215 valence electrons. The predicted octanol–water partition coefficient (Wildman–Crippen LogP) is 10.6. The summed E-state index contributed by atoms with van der Waals surface area (Å²) < 4.78 is 1.61. The average Bonchev–Trinajstić information content (AvgIpc) is 3.32. The molecule has 0 saturated carbocycles. The second kappa shape index (κ2) is 14.9. The summed E-state index contributed by atoms with van der Waals surface area (Å²) in [5.41, 5.74) is 8.29. The molecule has 0 aliphatic carbocycles. The van der Waals surface area contributed by atoms with Crippen molar-refractivity contribution in [3.05, 3.63) is 105 Å². The summed E-state index contributed by atoms with van der Waals surface area (Å²) >= 11 is 6.37. The summed E-state index contributed by atoms with van der Waals surface area (Å²) in [5.74, 6) is 1.93. The molecule has 6 heteroatoms. The van der Waals surface area contributed by atoms with Crippen LogP contribution in [0.2, 0.25) is 0 Å². The fraction of sp³-hybridized carbons (Fsp3) is 0.364. The maximum Gasteiger partial charge on any atom is 1.00 e. The van der Waals surface area contributed by atoms with Crippen molar-refractivity contribution in [2.45, 2.75) is 79.1 Å². The van der Waals surface area contributed by atoms with E-state index in [1.165, 1.54) is 45.8 Å². The van der Waals surface area contributed by atoms with Gasteiger partial charge in [0.2, 0.25) is 0 Å². The zero-order chi connectivity index (χ0) is 28.1. The zero-order valence-electron chi connectivity index (χ0n) is 24.1. The van der Waals surface area contributed by atoms with E-state index in [9.17, 15) is 5.11 Å². The fourth-order valence-electron chi connectivity index (χ4n) is 4.77. The van der Waals surface area contributed by atoms with Gasteiger partial charge in [-0.1, -0.05) is 136 Å². The number of para-hydroxylation sites is 2. The first-order valence-electron chi connectivity index (χ1n) is 13.4. The average molecular weight is 839 g/mol. The molecule has 0 aromatic heterocycles. The van der Waals surface area contributed by atoms with Crippen LogP contribution in [0.15, 0.2) is 75.9 Å². The Bertz CT molecular complexity index is 1100. The van der Waals surface area contributed by atoms with Gasteiger partial charge >= 0.3 is 22.4 Å². The Hall–Kier alpha value is -1.50. The zero-order valence-corrected chi connectivity index (χ0v) is 29.4. The van der Waals surface area contributed by atoms with Gasteiger partial charge in [-0.2, -0.15) is 0 Å². The van der Waals surface area contributed by atoms with Crippen molar-refractivity contribution >= 4 is 43.2 Å². The van der Waals surface area contributed by atoms with Gasteiger partial charge in [0.15, 0.2) is 6.67 Å². The van der Waals surface area contributed by atoms with Gasteiger partial charge < -0.3 is 14.9 Å². The Morgan fingerprint density at radius 2 is 0.897 bits per heavy atom. The molecule has 0 spiro atoms. The molecule has 0 saturated heterocycles. The van der Waals surface area contributed by atoms with E-state index in [1.807, 2.05) is 6.07 Å². The second-order valence-corrected chi connectivity index (χ2v) is 12.9. The molecule has 0 unspecified atom stereocenters.